The predicted molar refractivity (Wildman–Crippen MR) is 156 cm³/mol. The van der Waals surface area contributed by atoms with Crippen LogP contribution in [0.15, 0.2) is 25.0 Å². The molecule has 41 heavy (non-hydrogen) atoms. The van der Waals surface area contributed by atoms with E-state index in [9.17, 15) is 14.2 Å². The number of unbranched alkanes of at least 4 members (excludes halogenated alkanes) is 3. The quantitative estimate of drug-likeness (QED) is 0.104. The van der Waals surface area contributed by atoms with Crippen molar-refractivity contribution in [3.05, 3.63) is 25.0 Å². The molecule has 0 aliphatic heterocycles. The highest BCUT2D eigenvalue weighted by Gasteiger charge is 2.40. The van der Waals surface area contributed by atoms with E-state index in [0.717, 1.165) is 51.4 Å². The number of fused-ring (bicyclic) bond motifs is 1. The van der Waals surface area contributed by atoms with E-state index < -0.39 is 37.3 Å². The fourth-order valence-electron chi connectivity index (χ4n) is 4.54. The third-order valence-electron chi connectivity index (χ3n) is 6.77. The summed E-state index contributed by atoms with van der Waals surface area (Å²) in [5.41, 5.74) is 5.45. The van der Waals surface area contributed by atoms with Crippen LogP contribution in [-0.4, -0.2) is 62.1 Å². The maximum atomic E-state index is 14.2. The second-order valence-corrected chi connectivity index (χ2v) is 13.2. The van der Waals surface area contributed by atoms with E-state index in [1.807, 2.05) is 0 Å². The number of nitrogens with two attached hydrogens (primary N) is 1. The Morgan fingerprint density at radius 3 is 2.63 bits per heavy atom. The lowest BCUT2D eigenvalue weighted by atomic mass is 10.1. The number of imidazole rings is 1. The molecule has 0 bridgehead atoms. The Labute approximate surface area is 241 Å². The lowest BCUT2D eigenvalue weighted by Crippen LogP contribution is -2.50. The molecular weight excluding hydrogens is 549 g/mol. The molecule has 0 unspecified atom stereocenters. The third-order valence-corrected chi connectivity index (χ3v) is 8.99. The van der Waals surface area contributed by atoms with E-state index >= 15 is 0 Å². The van der Waals surface area contributed by atoms with Crippen LogP contribution in [-0.2, 0) is 34.9 Å². The van der Waals surface area contributed by atoms with Crippen molar-refractivity contribution in [1.82, 2.24) is 29.7 Å². The van der Waals surface area contributed by atoms with Gasteiger partial charge >= 0.3 is 11.9 Å². The van der Waals surface area contributed by atoms with Gasteiger partial charge in [0.15, 0.2) is 17.8 Å². The van der Waals surface area contributed by atoms with E-state index in [4.69, 9.17) is 19.9 Å². The summed E-state index contributed by atoms with van der Waals surface area (Å²) in [6.45, 7) is 11.2. The summed E-state index contributed by atoms with van der Waals surface area (Å²) in [4.78, 5) is 38.1. The first-order chi connectivity index (χ1) is 19.4. The van der Waals surface area contributed by atoms with E-state index in [2.05, 4.69) is 38.6 Å². The van der Waals surface area contributed by atoms with Crippen LogP contribution in [0.1, 0.15) is 79.1 Å². The van der Waals surface area contributed by atoms with Gasteiger partial charge in [0.1, 0.15) is 35.3 Å². The van der Waals surface area contributed by atoms with Crippen LogP contribution in [0.5, 0.6) is 0 Å². The highest BCUT2D eigenvalue weighted by molar-refractivity contribution is 7.59. The number of ether oxygens (including phenoxy) is 3. The average molecular weight is 594 g/mol. The topological polar surface area (TPSA) is 173 Å². The number of hydrogen-bond donors (Lipinski definition) is 3. The molecule has 2 heterocycles. The molecule has 4 N–H and O–H groups in total. The Kier molecular flexibility index (Phi) is 11.7. The summed E-state index contributed by atoms with van der Waals surface area (Å²) < 4.78 is 32.7. The van der Waals surface area contributed by atoms with Gasteiger partial charge in [0, 0.05) is 0 Å². The van der Waals surface area contributed by atoms with Gasteiger partial charge in [-0.25, -0.2) is 25.1 Å². The van der Waals surface area contributed by atoms with Gasteiger partial charge in [0.25, 0.3) is 0 Å². The van der Waals surface area contributed by atoms with Crippen LogP contribution < -0.4 is 15.9 Å². The molecule has 1 aliphatic rings. The van der Waals surface area contributed by atoms with Crippen molar-refractivity contribution >= 4 is 36.4 Å². The van der Waals surface area contributed by atoms with Gasteiger partial charge in [-0.1, -0.05) is 32.8 Å². The van der Waals surface area contributed by atoms with Crippen LogP contribution in [0.4, 0.5) is 5.82 Å². The molecule has 0 saturated heterocycles. The van der Waals surface area contributed by atoms with Gasteiger partial charge in [0.05, 0.1) is 19.5 Å². The Morgan fingerprint density at radius 1 is 1.20 bits per heavy atom. The molecular formula is C27H44N7O6P. The molecule has 1 fully saturated rings. The molecule has 2 aromatic rings. The molecule has 1 saturated carbocycles. The zero-order valence-electron chi connectivity index (χ0n) is 24.6. The molecule has 2 atom stereocenters. The normalized spacial score (nSPS) is 16.3. The van der Waals surface area contributed by atoms with Crippen molar-refractivity contribution in [3.8, 4) is 0 Å². The maximum absolute atomic E-state index is 14.2. The Hall–Kier alpha value is -3.02. The van der Waals surface area contributed by atoms with Crippen molar-refractivity contribution in [1.29, 1.82) is 0 Å². The monoisotopic (exact) mass is 593 g/mol. The standard InChI is InChI=1S/C27H44N7O6P/c1-6-7-8-11-14-38-26(36)27(4,5)33-41(37,32-20(3)25(35)40-21-12-9-10-13-21)18-39-19(2)15-34-17-31-22-23(28)29-16-30-24(22)34/h16-17,20-21H,2,6-15,18H2,1,3-5H3,(H2,28,29,30)(H2,32,33,37)/t20-,41+/m1/s1. The lowest BCUT2D eigenvalue weighted by molar-refractivity contribution is -0.150. The van der Waals surface area contributed by atoms with E-state index in [0.29, 0.717) is 11.2 Å². The number of carbonyl (C=O) groups is 2. The fourth-order valence-corrected chi connectivity index (χ4v) is 6.84. The molecule has 0 spiro atoms. The summed E-state index contributed by atoms with van der Waals surface area (Å²) in [6.07, 6.45) is 9.80. The van der Waals surface area contributed by atoms with Gasteiger partial charge in [0.2, 0.25) is 7.44 Å². The van der Waals surface area contributed by atoms with E-state index in [1.54, 1.807) is 25.3 Å². The molecule has 0 amide bonds. The van der Waals surface area contributed by atoms with Gasteiger partial charge in [-0.15, -0.1) is 0 Å². The van der Waals surface area contributed by atoms with Crippen LogP contribution in [0, 0.1) is 0 Å². The largest absolute Gasteiger partial charge is 0.486 e. The van der Waals surface area contributed by atoms with Crippen molar-refractivity contribution in [2.24, 2.45) is 0 Å². The molecule has 1 aliphatic carbocycles. The van der Waals surface area contributed by atoms with Crippen molar-refractivity contribution in [2.45, 2.75) is 103 Å². The number of allylic oxidation sites excluding steroid dienone is 1. The first-order valence-electron chi connectivity index (χ1n) is 14.2. The van der Waals surface area contributed by atoms with E-state index in [1.165, 1.54) is 12.7 Å². The minimum absolute atomic E-state index is 0.142. The molecule has 3 rings (SSSR count). The first kappa shape index (κ1) is 32.5. The Morgan fingerprint density at radius 2 is 1.93 bits per heavy atom. The fraction of sp³-hybridized carbons (Fsp3) is 0.667. The summed E-state index contributed by atoms with van der Waals surface area (Å²) in [5, 5.41) is 5.75. The summed E-state index contributed by atoms with van der Waals surface area (Å²) in [5.74, 6) is -0.576. The number of aromatic nitrogens is 4. The third kappa shape index (κ3) is 9.51. The molecule has 0 aromatic carbocycles. The van der Waals surface area contributed by atoms with Crippen molar-refractivity contribution in [3.63, 3.8) is 0 Å². The number of hydrogen-bond acceptors (Lipinski definition) is 10. The molecule has 0 radical (unpaired) electrons. The maximum Gasteiger partial charge on any atom is 0.326 e. The summed E-state index contributed by atoms with van der Waals surface area (Å²) in [6, 6.07) is -0.927. The van der Waals surface area contributed by atoms with Crippen LogP contribution in [0.3, 0.4) is 0 Å². The second-order valence-electron chi connectivity index (χ2n) is 11.0. The summed E-state index contributed by atoms with van der Waals surface area (Å²) >= 11 is 0. The van der Waals surface area contributed by atoms with Gasteiger partial charge in [-0.2, -0.15) is 0 Å². The Balaban J connectivity index is 1.68. The van der Waals surface area contributed by atoms with Gasteiger partial charge < -0.3 is 24.5 Å². The smallest absolute Gasteiger partial charge is 0.326 e. The van der Waals surface area contributed by atoms with Crippen LogP contribution in [0.25, 0.3) is 11.2 Å². The zero-order chi connectivity index (χ0) is 30.0. The minimum Gasteiger partial charge on any atom is -0.486 e. The highest BCUT2D eigenvalue weighted by atomic mass is 31.2. The van der Waals surface area contributed by atoms with E-state index in [-0.39, 0.29) is 30.8 Å². The number of anilines is 1. The molecule has 14 heteroatoms. The highest BCUT2D eigenvalue weighted by Crippen LogP contribution is 2.41. The van der Waals surface area contributed by atoms with Gasteiger partial charge in [-0.3, -0.25) is 14.2 Å². The number of nitrogens with one attached hydrogen (secondary N) is 2. The average Bonchev–Trinajstić information content (AvgIpc) is 3.58. The second kappa shape index (κ2) is 14.7. The number of rotatable bonds is 17. The SMILES string of the molecule is C=C(Cn1cnc2c(N)ncnc21)OC[P@](=O)(N[C@H](C)C(=O)OC1CCCC1)NC(C)(C)C(=O)OCCCCCC. The first-order valence-corrected chi connectivity index (χ1v) is 16.1. The van der Waals surface area contributed by atoms with Crippen molar-refractivity contribution in [2.75, 3.05) is 18.7 Å². The van der Waals surface area contributed by atoms with Crippen LogP contribution >= 0.6 is 7.44 Å². The zero-order valence-corrected chi connectivity index (χ0v) is 25.5. The number of esters is 2. The number of nitrogen functional groups attached to an aromatic ring is 1. The molecule has 2 aromatic heterocycles. The molecule has 13 nitrogen and oxygen atoms in total. The Bertz CT molecular complexity index is 1240. The van der Waals surface area contributed by atoms with Crippen LogP contribution in [0.2, 0.25) is 0 Å². The minimum atomic E-state index is -3.75. The lowest BCUT2D eigenvalue weighted by Gasteiger charge is -2.32. The number of carbonyl (C=O) groups excluding carboxylic acids is 2. The van der Waals surface area contributed by atoms with Crippen molar-refractivity contribution < 1.29 is 28.4 Å². The number of nitrogens with zero attached hydrogens (tertiary/aromatic N) is 4. The molecule has 228 valence electrons. The predicted octanol–water partition coefficient (Wildman–Crippen LogP) is 4.05. The summed E-state index contributed by atoms with van der Waals surface area (Å²) in [7, 11) is -3.75. The van der Waals surface area contributed by atoms with Gasteiger partial charge in [-0.05, 0) is 52.9 Å².